The lowest BCUT2D eigenvalue weighted by Crippen LogP contribution is -2.37. The van der Waals surface area contributed by atoms with Crippen molar-refractivity contribution in [1.82, 2.24) is 9.03 Å². The molecular formula is C12H20N2O4S. The maximum Gasteiger partial charge on any atom is 0.279 e. The minimum Gasteiger partial charge on any atom is -0.494 e. The van der Waals surface area contributed by atoms with Crippen LogP contribution in [0.4, 0.5) is 0 Å². The Morgan fingerprint density at radius 1 is 1.11 bits per heavy atom. The van der Waals surface area contributed by atoms with Crippen LogP contribution < -0.4 is 14.2 Å². The van der Waals surface area contributed by atoms with Crippen molar-refractivity contribution in [1.29, 1.82) is 0 Å². The fourth-order valence-corrected chi connectivity index (χ4v) is 1.87. The Kier molecular flexibility index (Phi) is 6.07. The molecule has 0 unspecified atom stereocenters. The smallest absolute Gasteiger partial charge is 0.279 e. The molecule has 0 spiro atoms. The summed E-state index contributed by atoms with van der Waals surface area (Å²) in [5.74, 6) is 1.45. The zero-order valence-electron chi connectivity index (χ0n) is 11.4. The lowest BCUT2D eigenvalue weighted by Gasteiger charge is -2.12. The largest absolute Gasteiger partial charge is 0.494 e. The second-order valence-electron chi connectivity index (χ2n) is 3.93. The Morgan fingerprint density at radius 2 is 1.63 bits per heavy atom. The van der Waals surface area contributed by atoms with Crippen molar-refractivity contribution in [3.05, 3.63) is 24.3 Å². The molecular weight excluding hydrogens is 268 g/mol. The molecule has 0 saturated heterocycles. The highest BCUT2D eigenvalue weighted by Gasteiger charge is 2.11. The summed E-state index contributed by atoms with van der Waals surface area (Å²) in [6, 6.07) is 7.18. The van der Waals surface area contributed by atoms with Gasteiger partial charge in [-0.05, 0) is 31.2 Å². The zero-order valence-corrected chi connectivity index (χ0v) is 12.2. The molecule has 1 aromatic rings. The number of nitrogens with one attached hydrogen (secondary N) is 1. The molecule has 6 nitrogen and oxygen atoms in total. The summed E-state index contributed by atoms with van der Waals surface area (Å²) in [6.45, 7) is 3.02. The fraction of sp³-hybridized carbons (Fsp3) is 0.500. The van der Waals surface area contributed by atoms with Crippen LogP contribution in [-0.4, -0.2) is 46.6 Å². The van der Waals surface area contributed by atoms with Gasteiger partial charge in [0.05, 0.1) is 6.61 Å². The molecule has 19 heavy (non-hydrogen) atoms. The van der Waals surface area contributed by atoms with Gasteiger partial charge in [-0.25, -0.2) is 0 Å². The standard InChI is InChI=1S/C12H20N2O4S/c1-4-17-11-5-7-12(8-6-11)18-10-9-13-19(15,16)14(2)3/h5-8,13H,4,9-10H2,1-3H3. The van der Waals surface area contributed by atoms with E-state index < -0.39 is 10.2 Å². The van der Waals surface area contributed by atoms with Crippen molar-refractivity contribution in [2.45, 2.75) is 6.92 Å². The van der Waals surface area contributed by atoms with Crippen molar-refractivity contribution in [3.63, 3.8) is 0 Å². The van der Waals surface area contributed by atoms with Gasteiger partial charge in [-0.3, -0.25) is 0 Å². The van der Waals surface area contributed by atoms with E-state index in [9.17, 15) is 8.42 Å². The molecule has 0 radical (unpaired) electrons. The molecule has 108 valence electrons. The number of ether oxygens (including phenoxy) is 2. The first-order valence-electron chi connectivity index (χ1n) is 5.98. The molecule has 0 saturated carbocycles. The van der Waals surface area contributed by atoms with Crippen LogP contribution in [0.2, 0.25) is 0 Å². The lowest BCUT2D eigenvalue weighted by atomic mass is 10.3. The van der Waals surface area contributed by atoms with E-state index in [2.05, 4.69) is 4.72 Å². The summed E-state index contributed by atoms with van der Waals surface area (Å²) < 4.78 is 37.0. The molecule has 0 fully saturated rings. The van der Waals surface area contributed by atoms with Crippen LogP contribution in [-0.2, 0) is 10.2 Å². The van der Waals surface area contributed by atoms with Crippen molar-refractivity contribution in [2.75, 3.05) is 33.9 Å². The third-order valence-corrected chi connectivity index (χ3v) is 3.80. The van der Waals surface area contributed by atoms with Crippen molar-refractivity contribution >= 4 is 10.2 Å². The first-order chi connectivity index (χ1) is 8.95. The predicted molar refractivity (Wildman–Crippen MR) is 73.7 cm³/mol. The Labute approximate surface area is 114 Å². The Morgan fingerprint density at radius 3 is 2.11 bits per heavy atom. The number of hydrogen-bond donors (Lipinski definition) is 1. The van der Waals surface area contributed by atoms with Gasteiger partial charge in [-0.1, -0.05) is 0 Å². The quantitative estimate of drug-likeness (QED) is 0.720. The molecule has 1 aromatic carbocycles. The van der Waals surface area contributed by atoms with Crippen LogP contribution in [0.15, 0.2) is 24.3 Å². The van der Waals surface area contributed by atoms with E-state index in [1.165, 1.54) is 14.1 Å². The average molecular weight is 288 g/mol. The molecule has 0 aliphatic heterocycles. The van der Waals surface area contributed by atoms with Gasteiger partial charge < -0.3 is 9.47 Å². The summed E-state index contributed by atoms with van der Waals surface area (Å²) >= 11 is 0. The van der Waals surface area contributed by atoms with Gasteiger partial charge in [0.25, 0.3) is 10.2 Å². The van der Waals surface area contributed by atoms with Crippen molar-refractivity contribution < 1.29 is 17.9 Å². The second kappa shape index (κ2) is 7.32. The topological polar surface area (TPSA) is 67.9 Å². The van der Waals surface area contributed by atoms with Crippen LogP contribution >= 0.6 is 0 Å². The SMILES string of the molecule is CCOc1ccc(OCCNS(=O)(=O)N(C)C)cc1. The Balaban J connectivity index is 2.34. The second-order valence-corrected chi connectivity index (χ2v) is 5.90. The third kappa shape index (κ3) is 5.46. The minimum atomic E-state index is -3.38. The van der Waals surface area contributed by atoms with Gasteiger partial charge in [0, 0.05) is 20.6 Å². The van der Waals surface area contributed by atoms with Gasteiger partial charge in [-0.2, -0.15) is 17.4 Å². The number of hydrogen-bond acceptors (Lipinski definition) is 4. The molecule has 0 bridgehead atoms. The highest BCUT2D eigenvalue weighted by atomic mass is 32.2. The average Bonchev–Trinajstić information content (AvgIpc) is 2.37. The van der Waals surface area contributed by atoms with Gasteiger partial charge in [0.1, 0.15) is 18.1 Å². The highest BCUT2D eigenvalue weighted by molar-refractivity contribution is 7.87. The van der Waals surface area contributed by atoms with E-state index in [0.29, 0.717) is 12.4 Å². The van der Waals surface area contributed by atoms with Crippen LogP contribution in [0.3, 0.4) is 0 Å². The summed E-state index contributed by atoms with van der Waals surface area (Å²) in [7, 11) is -0.448. The van der Waals surface area contributed by atoms with Crippen LogP contribution in [0.1, 0.15) is 6.92 Å². The van der Waals surface area contributed by atoms with E-state index in [-0.39, 0.29) is 13.2 Å². The monoisotopic (exact) mass is 288 g/mol. The third-order valence-electron chi connectivity index (χ3n) is 2.27. The molecule has 1 N–H and O–H groups in total. The molecule has 0 amide bonds. The van der Waals surface area contributed by atoms with Gasteiger partial charge >= 0.3 is 0 Å². The van der Waals surface area contributed by atoms with Crippen LogP contribution in [0, 0.1) is 0 Å². The first kappa shape index (κ1) is 15.7. The maximum absolute atomic E-state index is 11.4. The number of nitrogens with zero attached hydrogens (tertiary/aromatic N) is 1. The van der Waals surface area contributed by atoms with E-state index in [1.54, 1.807) is 12.1 Å². The number of rotatable bonds is 8. The molecule has 7 heteroatoms. The highest BCUT2D eigenvalue weighted by Crippen LogP contribution is 2.17. The molecule has 1 rings (SSSR count). The minimum absolute atomic E-state index is 0.216. The first-order valence-corrected chi connectivity index (χ1v) is 7.42. The van der Waals surface area contributed by atoms with Gasteiger partial charge in [0.15, 0.2) is 0 Å². The van der Waals surface area contributed by atoms with E-state index in [1.807, 2.05) is 19.1 Å². The van der Waals surface area contributed by atoms with E-state index >= 15 is 0 Å². The van der Waals surface area contributed by atoms with Crippen molar-refractivity contribution in [2.24, 2.45) is 0 Å². The van der Waals surface area contributed by atoms with E-state index in [0.717, 1.165) is 10.1 Å². The molecule has 0 aromatic heterocycles. The van der Waals surface area contributed by atoms with E-state index in [4.69, 9.17) is 9.47 Å². The predicted octanol–water partition coefficient (Wildman–Crippen LogP) is 0.860. The summed E-state index contributed by atoms with van der Waals surface area (Å²) in [4.78, 5) is 0. The Bertz CT molecular complexity index is 471. The lowest BCUT2D eigenvalue weighted by molar-refractivity contribution is 0.318. The molecule has 0 atom stereocenters. The summed E-state index contributed by atoms with van der Waals surface area (Å²) in [5.41, 5.74) is 0. The van der Waals surface area contributed by atoms with Gasteiger partial charge in [0.2, 0.25) is 0 Å². The zero-order chi connectivity index (χ0) is 14.3. The van der Waals surface area contributed by atoms with Crippen LogP contribution in [0.5, 0.6) is 11.5 Å². The normalized spacial score (nSPS) is 11.6. The van der Waals surface area contributed by atoms with Crippen molar-refractivity contribution in [3.8, 4) is 11.5 Å². The maximum atomic E-state index is 11.4. The number of benzene rings is 1. The fourth-order valence-electron chi connectivity index (χ4n) is 1.27. The Hall–Kier alpha value is -1.31. The van der Waals surface area contributed by atoms with Gasteiger partial charge in [-0.15, -0.1) is 0 Å². The summed E-state index contributed by atoms with van der Waals surface area (Å²) in [5, 5.41) is 0. The van der Waals surface area contributed by atoms with Crippen LogP contribution in [0.25, 0.3) is 0 Å². The molecule has 0 aliphatic carbocycles. The molecule has 0 heterocycles. The summed E-state index contributed by atoms with van der Waals surface area (Å²) in [6.07, 6.45) is 0. The molecule has 0 aliphatic rings.